The van der Waals surface area contributed by atoms with Gasteiger partial charge in [-0.1, -0.05) is 23.8 Å². The maximum Gasteiger partial charge on any atom is 0.225 e. The first-order valence-electron chi connectivity index (χ1n) is 7.62. The molecule has 0 aromatic heterocycles. The van der Waals surface area contributed by atoms with Crippen LogP contribution in [-0.4, -0.2) is 43.5 Å². The molecule has 0 saturated carbocycles. The molecule has 0 aliphatic carbocycles. The molecular weight excluding hydrogens is 280 g/mol. The standard InChI is InChI=1S/C17H24N2O3/c1-12-4-5-13(2)14(8-12)10-18-17(21)15-9-16(20)19(11-15)6-7-22-3/h4-5,8,15H,6-7,9-11H2,1-3H3,(H,18,21). The van der Waals surface area contributed by atoms with Gasteiger partial charge in [0.05, 0.1) is 12.5 Å². The summed E-state index contributed by atoms with van der Waals surface area (Å²) in [5.41, 5.74) is 3.46. The van der Waals surface area contributed by atoms with Crippen LogP contribution in [0.25, 0.3) is 0 Å². The second kappa shape index (κ2) is 7.40. The highest BCUT2D eigenvalue weighted by molar-refractivity contribution is 5.89. The Balaban J connectivity index is 1.88. The van der Waals surface area contributed by atoms with Crippen LogP contribution in [0.3, 0.4) is 0 Å². The topological polar surface area (TPSA) is 58.6 Å². The van der Waals surface area contributed by atoms with Gasteiger partial charge in [0.1, 0.15) is 0 Å². The normalized spacial score (nSPS) is 17.9. The lowest BCUT2D eigenvalue weighted by molar-refractivity contribution is -0.129. The van der Waals surface area contributed by atoms with E-state index in [1.165, 1.54) is 5.56 Å². The lowest BCUT2D eigenvalue weighted by Crippen LogP contribution is -2.33. The molecule has 5 heteroatoms. The summed E-state index contributed by atoms with van der Waals surface area (Å²) < 4.78 is 4.98. The average molecular weight is 304 g/mol. The van der Waals surface area contributed by atoms with Crippen molar-refractivity contribution in [3.63, 3.8) is 0 Å². The van der Waals surface area contributed by atoms with E-state index < -0.39 is 0 Å². The summed E-state index contributed by atoms with van der Waals surface area (Å²) in [6, 6.07) is 6.20. The lowest BCUT2D eigenvalue weighted by atomic mass is 10.0. The Morgan fingerprint density at radius 2 is 2.18 bits per heavy atom. The zero-order valence-electron chi connectivity index (χ0n) is 13.5. The summed E-state index contributed by atoms with van der Waals surface area (Å²) in [5, 5.41) is 2.96. The van der Waals surface area contributed by atoms with Crippen molar-refractivity contribution in [2.75, 3.05) is 26.8 Å². The van der Waals surface area contributed by atoms with Gasteiger partial charge >= 0.3 is 0 Å². The molecule has 1 aromatic rings. The molecule has 120 valence electrons. The summed E-state index contributed by atoms with van der Waals surface area (Å²) in [7, 11) is 1.61. The first kappa shape index (κ1) is 16.5. The van der Waals surface area contributed by atoms with Gasteiger partial charge in [0.25, 0.3) is 0 Å². The Morgan fingerprint density at radius 3 is 2.91 bits per heavy atom. The Bertz CT molecular complexity index is 557. The third-order valence-corrected chi connectivity index (χ3v) is 4.11. The number of amides is 2. The minimum absolute atomic E-state index is 0.0314. The highest BCUT2D eigenvalue weighted by atomic mass is 16.5. The van der Waals surface area contributed by atoms with Crippen molar-refractivity contribution in [1.82, 2.24) is 10.2 Å². The molecule has 0 radical (unpaired) electrons. The van der Waals surface area contributed by atoms with Crippen LogP contribution in [0.15, 0.2) is 18.2 Å². The van der Waals surface area contributed by atoms with E-state index in [1.807, 2.05) is 13.8 Å². The van der Waals surface area contributed by atoms with Crippen LogP contribution in [0.5, 0.6) is 0 Å². The number of benzene rings is 1. The molecule has 1 aliphatic rings. The first-order valence-corrected chi connectivity index (χ1v) is 7.62. The smallest absolute Gasteiger partial charge is 0.225 e. The molecule has 1 aliphatic heterocycles. The average Bonchev–Trinajstić information content (AvgIpc) is 2.87. The zero-order valence-corrected chi connectivity index (χ0v) is 13.5. The van der Waals surface area contributed by atoms with Crippen LogP contribution in [0.1, 0.15) is 23.1 Å². The molecule has 1 saturated heterocycles. The number of hydrogen-bond donors (Lipinski definition) is 1. The van der Waals surface area contributed by atoms with Crippen LogP contribution in [0.4, 0.5) is 0 Å². The van der Waals surface area contributed by atoms with Gasteiger partial charge < -0.3 is 15.0 Å². The predicted molar refractivity (Wildman–Crippen MR) is 84.3 cm³/mol. The second-order valence-electron chi connectivity index (χ2n) is 5.88. The van der Waals surface area contributed by atoms with E-state index in [0.717, 1.165) is 11.1 Å². The number of carbonyl (C=O) groups excluding carboxylic acids is 2. The molecule has 1 unspecified atom stereocenters. The summed E-state index contributed by atoms with van der Waals surface area (Å²) in [6.45, 7) is 6.12. The number of carbonyl (C=O) groups is 2. The largest absolute Gasteiger partial charge is 0.383 e. The van der Waals surface area contributed by atoms with E-state index >= 15 is 0 Å². The fourth-order valence-corrected chi connectivity index (χ4v) is 2.68. The molecule has 0 bridgehead atoms. The number of likely N-dealkylation sites (tertiary alicyclic amines) is 1. The van der Waals surface area contributed by atoms with E-state index in [2.05, 4.69) is 23.5 Å². The number of ether oxygens (including phenoxy) is 1. The van der Waals surface area contributed by atoms with E-state index in [0.29, 0.717) is 32.7 Å². The monoisotopic (exact) mass is 304 g/mol. The van der Waals surface area contributed by atoms with E-state index in [-0.39, 0.29) is 17.7 Å². The summed E-state index contributed by atoms with van der Waals surface area (Å²) in [6.07, 6.45) is 0.294. The molecular formula is C17H24N2O3. The van der Waals surface area contributed by atoms with Gasteiger partial charge in [-0.2, -0.15) is 0 Å². The molecule has 1 atom stereocenters. The number of nitrogens with zero attached hydrogens (tertiary/aromatic N) is 1. The highest BCUT2D eigenvalue weighted by Crippen LogP contribution is 2.18. The highest BCUT2D eigenvalue weighted by Gasteiger charge is 2.33. The Morgan fingerprint density at radius 1 is 1.41 bits per heavy atom. The Labute approximate surface area is 131 Å². The summed E-state index contributed by atoms with van der Waals surface area (Å²) in [4.78, 5) is 25.8. The van der Waals surface area contributed by atoms with E-state index in [4.69, 9.17) is 4.74 Å². The van der Waals surface area contributed by atoms with Crippen LogP contribution in [0, 0.1) is 19.8 Å². The van der Waals surface area contributed by atoms with Gasteiger partial charge in [-0.15, -0.1) is 0 Å². The van der Waals surface area contributed by atoms with Gasteiger partial charge in [0.15, 0.2) is 0 Å². The van der Waals surface area contributed by atoms with Crippen molar-refractivity contribution in [2.45, 2.75) is 26.8 Å². The molecule has 2 rings (SSSR count). The number of aryl methyl sites for hydroxylation is 2. The second-order valence-corrected chi connectivity index (χ2v) is 5.88. The van der Waals surface area contributed by atoms with Crippen molar-refractivity contribution in [3.8, 4) is 0 Å². The minimum atomic E-state index is -0.255. The zero-order chi connectivity index (χ0) is 16.1. The van der Waals surface area contributed by atoms with Gasteiger partial charge in [0, 0.05) is 33.2 Å². The lowest BCUT2D eigenvalue weighted by Gasteiger charge is -2.16. The minimum Gasteiger partial charge on any atom is -0.383 e. The number of methoxy groups -OCH3 is 1. The van der Waals surface area contributed by atoms with E-state index in [1.54, 1.807) is 12.0 Å². The van der Waals surface area contributed by atoms with Gasteiger partial charge in [0.2, 0.25) is 11.8 Å². The number of nitrogens with one attached hydrogen (secondary N) is 1. The molecule has 1 N–H and O–H groups in total. The molecule has 1 aromatic carbocycles. The predicted octanol–water partition coefficient (Wildman–Crippen LogP) is 1.41. The molecule has 2 amide bonds. The van der Waals surface area contributed by atoms with Crippen LogP contribution in [0.2, 0.25) is 0 Å². The van der Waals surface area contributed by atoms with Gasteiger partial charge in [-0.25, -0.2) is 0 Å². The fraction of sp³-hybridized carbons (Fsp3) is 0.529. The van der Waals surface area contributed by atoms with Crippen LogP contribution >= 0.6 is 0 Å². The Hall–Kier alpha value is -1.88. The summed E-state index contributed by atoms with van der Waals surface area (Å²) >= 11 is 0. The Kier molecular flexibility index (Phi) is 5.55. The van der Waals surface area contributed by atoms with Crippen LogP contribution < -0.4 is 5.32 Å². The summed E-state index contributed by atoms with van der Waals surface area (Å²) in [5.74, 6) is -0.271. The fourth-order valence-electron chi connectivity index (χ4n) is 2.68. The third-order valence-electron chi connectivity index (χ3n) is 4.11. The molecule has 1 heterocycles. The van der Waals surface area contributed by atoms with Crippen LogP contribution in [-0.2, 0) is 20.9 Å². The maximum absolute atomic E-state index is 12.3. The van der Waals surface area contributed by atoms with Gasteiger partial charge in [-0.3, -0.25) is 9.59 Å². The van der Waals surface area contributed by atoms with Crippen molar-refractivity contribution in [2.24, 2.45) is 5.92 Å². The SMILES string of the molecule is COCCN1CC(C(=O)NCc2cc(C)ccc2C)CC1=O. The first-order chi connectivity index (χ1) is 10.5. The molecule has 1 fully saturated rings. The maximum atomic E-state index is 12.3. The van der Waals surface area contributed by atoms with Crippen molar-refractivity contribution < 1.29 is 14.3 Å². The quantitative estimate of drug-likeness (QED) is 0.864. The van der Waals surface area contributed by atoms with Crippen molar-refractivity contribution in [3.05, 3.63) is 34.9 Å². The number of rotatable bonds is 6. The third kappa shape index (κ3) is 4.07. The van der Waals surface area contributed by atoms with Crippen molar-refractivity contribution >= 4 is 11.8 Å². The van der Waals surface area contributed by atoms with Crippen molar-refractivity contribution in [1.29, 1.82) is 0 Å². The molecule has 0 spiro atoms. The molecule has 5 nitrogen and oxygen atoms in total. The molecule has 22 heavy (non-hydrogen) atoms. The van der Waals surface area contributed by atoms with Gasteiger partial charge in [-0.05, 0) is 25.0 Å². The van der Waals surface area contributed by atoms with E-state index in [9.17, 15) is 9.59 Å². The number of hydrogen-bond acceptors (Lipinski definition) is 3.